The molecule has 2 N–H and O–H groups in total. The molecule has 5 heteroatoms. The van der Waals surface area contributed by atoms with Gasteiger partial charge in [-0.3, -0.25) is 4.79 Å². The van der Waals surface area contributed by atoms with Crippen LogP contribution in [0.3, 0.4) is 0 Å². The Labute approximate surface area is 117 Å². The van der Waals surface area contributed by atoms with Crippen molar-refractivity contribution in [1.29, 1.82) is 0 Å². The number of amides is 1. The lowest BCUT2D eigenvalue weighted by molar-refractivity contribution is -0.132. The molecule has 1 aromatic carbocycles. The summed E-state index contributed by atoms with van der Waals surface area (Å²) in [6.07, 6.45) is 1.83. The Morgan fingerprint density at radius 3 is 3.00 bits per heavy atom. The van der Waals surface area contributed by atoms with E-state index in [1.54, 1.807) is 0 Å². The van der Waals surface area contributed by atoms with Crippen molar-refractivity contribution in [1.82, 2.24) is 4.90 Å². The van der Waals surface area contributed by atoms with Crippen LogP contribution in [-0.4, -0.2) is 35.0 Å². The molecule has 1 saturated heterocycles. The second-order valence-electron chi connectivity index (χ2n) is 4.99. The van der Waals surface area contributed by atoms with Gasteiger partial charge in [-0.1, -0.05) is 30.4 Å². The highest BCUT2D eigenvalue weighted by Gasteiger charge is 2.38. The van der Waals surface area contributed by atoms with Gasteiger partial charge in [-0.15, -0.1) is 0 Å². The average Bonchev–Trinajstić information content (AvgIpc) is 3.05. The number of carbonyl (C=O) groups excluding carboxylic acids is 1. The largest absolute Gasteiger partial charge is 0.492 e. The predicted molar refractivity (Wildman–Crippen MR) is 76.2 cm³/mol. The number of rotatable bonds is 2. The summed E-state index contributed by atoms with van der Waals surface area (Å²) in [6.45, 7) is 1.15. The van der Waals surface area contributed by atoms with Gasteiger partial charge < -0.3 is 15.4 Å². The highest BCUT2D eigenvalue weighted by molar-refractivity contribution is 7.80. The fourth-order valence-electron chi connectivity index (χ4n) is 2.89. The van der Waals surface area contributed by atoms with Gasteiger partial charge in [0.05, 0.1) is 11.0 Å². The maximum atomic E-state index is 12.7. The topological polar surface area (TPSA) is 55.6 Å². The number of thiocarbonyl (C=S) groups is 1. The number of ether oxygens (including phenoxy) is 1. The molecule has 2 atom stereocenters. The molecular weight excluding hydrogens is 260 g/mol. The maximum absolute atomic E-state index is 12.7. The molecule has 0 spiro atoms. The molecule has 0 aromatic heterocycles. The summed E-state index contributed by atoms with van der Waals surface area (Å²) in [5.74, 6) is 0.679. The van der Waals surface area contributed by atoms with E-state index in [0.29, 0.717) is 11.6 Å². The summed E-state index contributed by atoms with van der Waals surface area (Å²) in [7, 11) is 0. The highest BCUT2D eigenvalue weighted by atomic mass is 32.1. The smallest absolute Gasteiger partial charge is 0.234 e. The van der Waals surface area contributed by atoms with E-state index < -0.39 is 0 Å². The Morgan fingerprint density at radius 1 is 1.42 bits per heavy atom. The van der Waals surface area contributed by atoms with Crippen LogP contribution in [0.1, 0.15) is 24.3 Å². The molecular formula is C14H16N2O2S. The van der Waals surface area contributed by atoms with Crippen LogP contribution in [0.2, 0.25) is 0 Å². The van der Waals surface area contributed by atoms with Crippen molar-refractivity contribution in [3.8, 4) is 5.75 Å². The Hall–Kier alpha value is -1.62. The number of fused-ring (bicyclic) bond motifs is 1. The fraction of sp³-hybridized carbons (Fsp3) is 0.429. The number of nitrogens with zero attached hydrogens (tertiary/aromatic N) is 1. The molecule has 100 valence electrons. The Bertz CT molecular complexity index is 532. The molecule has 0 radical (unpaired) electrons. The lowest BCUT2D eigenvalue weighted by Crippen LogP contribution is -2.45. The molecule has 2 unspecified atom stereocenters. The Balaban J connectivity index is 1.84. The molecule has 3 rings (SSSR count). The number of likely N-dealkylation sites (tertiary alicyclic amines) is 1. The zero-order valence-corrected chi connectivity index (χ0v) is 11.4. The number of para-hydroxylation sites is 1. The quantitative estimate of drug-likeness (QED) is 0.831. The highest BCUT2D eigenvalue weighted by Crippen LogP contribution is 2.36. The molecule has 0 bridgehead atoms. The van der Waals surface area contributed by atoms with E-state index in [9.17, 15) is 4.79 Å². The first kappa shape index (κ1) is 12.4. The molecule has 0 saturated carbocycles. The van der Waals surface area contributed by atoms with Gasteiger partial charge >= 0.3 is 0 Å². The second-order valence-corrected chi connectivity index (χ2v) is 5.46. The van der Waals surface area contributed by atoms with Crippen LogP contribution >= 0.6 is 12.2 Å². The van der Waals surface area contributed by atoms with Crippen LogP contribution in [0.4, 0.5) is 0 Å². The van der Waals surface area contributed by atoms with E-state index in [1.165, 1.54) is 0 Å². The molecule has 1 amide bonds. The number of hydrogen-bond acceptors (Lipinski definition) is 3. The summed E-state index contributed by atoms with van der Waals surface area (Å²) in [5, 5.41) is 0. The molecule has 1 aromatic rings. The second kappa shape index (κ2) is 4.81. The van der Waals surface area contributed by atoms with Crippen molar-refractivity contribution in [3.63, 3.8) is 0 Å². The fourth-order valence-corrected chi connectivity index (χ4v) is 3.14. The zero-order chi connectivity index (χ0) is 13.4. The third-order valence-electron chi connectivity index (χ3n) is 3.86. The van der Waals surface area contributed by atoms with Crippen molar-refractivity contribution in [2.45, 2.75) is 24.8 Å². The lowest BCUT2D eigenvalue weighted by atomic mass is 9.99. The summed E-state index contributed by atoms with van der Waals surface area (Å²) >= 11 is 5.06. The summed E-state index contributed by atoms with van der Waals surface area (Å²) < 4.78 is 5.58. The summed E-state index contributed by atoms with van der Waals surface area (Å²) in [5.41, 5.74) is 6.70. The molecule has 19 heavy (non-hydrogen) atoms. The molecule has 2 aliphatic heterocycles. The van der Waals surface area contributed by atoms with Gasteiger partial charge in [0.25, 0.3) is 0 Å². The van der Waals surface area contributed by atoms with Gasteiger partial charge in [-0.25, -0.2) is 0 Å². The average molecular weight is 276 g/mol. The minimum absolute atomic E-state index is 0.0836. The van der Waals surface area contributed by atoms with Crippen LogP contribution in [0.15, 0.2) is 24.3 Å². The number of hydrogen-bond donors (Lipinski definition) is 1. The van der Waals surface area contributed by atoms with Gasteiger partial charge in [0.15, 0.2) is 0 Å². The van der Waals surface area contributed by atoms with Crippen LogP contribution < -0.4 is 10.5 Å². The van der Waals surface area contributed by atoms with Gasteiger partial charge in [0, 0.05) is 12.1 Å². The maximum Gasteiger partial charge on any atom is 0.234 e. The van der Waals surface area contributed by atoms with Gasteiger partial charge in [0.1, 0.15) is 18.3 Å². The minimum atomic E-state index is -0.217. The van der Waals surface area contributed by atoms with E-state index in [0.717, 1.165) is 30.7 Å². The van der Waals surface area contributed by atoms with E-state index in [2.05, 4.69) is 0 Å². The standard InChI is InChI=1S/C14H16N2O2S/c15-13(19)11-5-3-7-16(11)14(17)10-8-18-12-6-2-1-4-9(10)12/h1-2,4,6,10-11H,3,5,7-8H2,(H2,15,19). The predicted octanol–water partition coefficient (Wildman–Crippen LogP) is 1.44. The molecule has 0 aliphatic carbocycles. The first-order chi connectivity index (χ1) is 9.18. The Kier molecular flexibility index (Phi) is 3.14. The zero-order valence-electron chi connectivity index (χ0n) is 10.5. The van der Waals surface area contributed by atoms with Crippen LogP contribution in [0.5, 0.6) is 5.75 Å². The molecule has 1 fully saturated rings. The van der Waals surface area contributed by atoms with Crippen LogP contribution in [0.25, 0.3) is 0 Å². The first-order valence-electron chi connectivity index (χ1n) is 6.50. The van der Waals surface area contributed by atoms with Crippen molar-refractivity contribution in [2.24, 2.45) is 5.73 Å². The van der Waals surface area contributed by atoms with Crippen LogP contribution in [0, 0.1) is 0 Å². The van der Waals surface area contributed by atoms with Crippen molar-refractivity contribution < 1.29 is 9.53 Å². The number of carbonyl (C=O) groups is 1. The van der Waals surface area contributed by atoms with Gasteiger partial charge in [-0.05, 0) is 18.9 Å². The number of nitrogens with two attached hydrogens (primary N) is 1. The van der Waals surface area contributed by atoms with Crippen molar-refractivity contribution in [3.05, 3.63) is 29.8 Å². The van der Waals surface area contributed by atoms with Gasteiger partial charge in [0.2, 0.25) is 5.91 Å². The van der Waals surface area contributed by atoms with Gasteiger partial charge in [-0.2, -0.15) is 0 Å². The normalized spacial score (nSPS) is 24.9. The van der Waals surface area contributed by atoms with E-state index in [1.807, 2.05) is 29.2 Å². The molecule has 4 nitrogen and oxygen atoms in total. The summed E-state index contributed by atoms with van der Waals surface area (Å²) in [4.78, 5) is 14.9. The minimum Gasteiger partial charge on any atom is -0.492 e. The van der Waals surface area contributed by atoms with E-state index in [-0.39, 0.29) is 17.9 Å². The third-order valence-corrected chi connectivity index (χ3v) is 4.13. The molecule has 2 heterocycles. The third kappa shape index (κ3) is 2.08. The van der Waals surface area contributed by atoms with Crippen LogP contribution in [-0.2, 0) is 4.79 Å². The lowest BCUT2D eigenvalue weighted by Gasteiger charge is -2.26. The monoisotopic (exact) mass is 276 g/mol. The summed E-state index contributed by atoms with van der Waals surface area (Å²) in [6, 6.07) is 7.62. The SMILES string of the molecule is NC(=S)C1CCCN1C(=O)C1COc2ccccc21. The number of benzene rings is 1. The van der Waals surface area contributed by atoms with Crippen molar-refractivity contribution in [2.75, 3.05) is 13.2 Å². The first-order valence-corrected chi connectivity index (χ1v) is 6.91. The van der Waals surface area contributed by atoms with E-state index in [4.69, 9.17) is 22.7 Å². The molecule has 2 aliphatic rings. The van der Waals surface area contributed by atoms with Crippen molar-refractivity contribution >= 4 is 23.1 Å². The van der Waals surface area contributed by atoms with E-state index >= 15 is 0 Å². The Morgan fingerprint density at radius 2 is 2.21 bits per heavy atom.